The van der Waals surface area contributed by atoms with E-state index in [2.05, 4.69) is 22.6 Å². The van der Waals surface area contributed by atoms with E-state index in [1.165, 1.54) is 11.3 Å². The minimum Gasteiger partial charge on any atom is -0.349 e. The molecule has 2 aliphatic heterocycles. The fourth-order valence-electron chi connectivity index (χ4n) is 5.12. The van der Waals surface area contributed by atoms with E-state index in [-0.39, 0.29) is 23.8 Å². The maximum absolute atomic E-state index is 15.0. The van der Waals surface area contributed by atoms with E-state index in [4.69, 9.17) is 4.98 Å². The van der Waals surface area contributed by atoms with Gasteiger partial charge in [0.1, 0.15) is 5.82 Å². The predicted molar refractivity (Wildman–Crippen MR) is 134 cm³/mol. The Morgan fingerprint density at radius 1 is 1.18 bits per heavy atom. The number of halogens is 1. The highest BCUT2D eigenvalue weighted by atomic mass is 32.1. The van der Waals surface area contributed by atoms with Gasteiger partial charge in [0, 0.05) is 29.4 Å². The van der Waals surface area contributed by atoms with Crippen molar-refractivity contribution in [1.82, 2.24) is 24.9 Å². The van der Waals surface area contributed by atoms with E-state index in [0.29, 0.717) is 16.8 Å². The number of imidazole rings is 1. The molecule has 0 aliphatic carbocycles. The number of rotatable bonds is 4. The van der Waals surface area contributed by atoms with Crippen molar-refractivity contribution in [2.24, 2.45) is 0 Å². The molecular formula is C26H28FN5OS. The number of piperidine rings is 1. The van der Waals surface area contributed by atoms with E-state index in [9.17, 15) is 9.18 Å². The summed E-state index contributed by atoms with van der Waals surface area (Å²) in [6.07, 6.45) is 6.02. The van der Waals surface area contributed by atoms with Crippen LogP contribution in [0, 0.1) is 5.82 Å². The first kappa shape index (κ1) is 21.7. The van der Waals surface area contributed by atoms with Crippen LogP contribution >= 0.6 is 11.3 Å². The Morgan fingerprint density at radius 3 is 2.79 bits per heavy atom. The van der Waals surface area contributed by atoms with Crippen LogP contribution in [0.2, 0.25) is 0 Å². The first-order chi connectivity index (χ1) is 16.5. The molecule has 0 radical (unpaired) electrons. The van der Waals surface area contributed by atoms with Crippen LogP contribution in [0.15, 0.2) is 42.6 Å². The molecule has 0 unspecified atom stereocenters. The Morgan fingerprint density at radius 2 is 2.03 bits per heavy atom. The summed E-state index contributed by atoms with van der Waals surface area (Å²) in [6.45, 7) is 3.00. The summed E-state index contributed by atoms with van der Waals surface area (Å²) in [5, 5.41) is 6.60. The number of hydrogen-bond donors (Lipinski definition) is 2. The Labute approximate surface area is 201 Å². The van der Waals surface area contributed by atoms with Crippen molar-refractivity contribution in [1.29, 1.82) is 0 Å². The lowest BCUT2D eigenvalue weighted by atomic mass is 10.0. The number of fused-ring (bicyclic) bond motifs is 3. The number of carbonyl (C=O) groups is 1. The van der Waals surface area contributed by atoms with Gasteiger partial charge in [-0.05, 0) is 88.3 Å². The zero-order valence-electron chi connectivity index (χ0n) is 19.2. The summed E-state index contributed by atoms with van der Waals surface area (Å²) < 4.78 is 18.0. The lowest BCUT2D eigenvalue weighted by molar-refractivity contribution is 0.0917. The molecule has 4 aromatic rings. The molecular weight excluding hydrogens is 449 g/mol. The van der Waals surface area contributed by atoms with Crippen molar-refractivity contribution in [3.05, 3.63) is 59.5 Å². The van der Waals surface area contributed by atoms with Crippen molar-refractivity contribution in [2.45, 2.75) is 37.8 Å². The Kier molecular flexibility index (Phi) is 5.59. The maximum Gasteiger partial charge on any atom is 0.251 e. The molecule has 2 N–H and O–H groups in total. The SMILES string of the molecule is CN1CCC(NC(=O)c2ccc3c(c2)sc2nc(-c4ccc([C@H]5CCCN5)cc4F)cn23)CC1. The predicted octanol–water partition coefficient (Wildman–Crippen LogP) is 4.60. The number of likely N-dealkylation sites (tertiary alicyclic amines) is 1. The number of nitrogens with zero attached hydrogens (tertiary/aromatic N) is 3. The summed E-state index contributed by atoms with van der Waals surface area (Å²) in [5.41, 5.74) is 3.77. The van der Waals surface area contributed by atoms with Gasteiger partial charge in [0.15, 0.2) is 4.96 Å². The monoisotopic (exact) mass is 477 g/mol. The van der Waals surface area contributed by atoms with E-state index >= 15 is 0 Å². The molecule has 2 saturated heterocycles. The fraction of sp³-hybridized carbons (Fsp3) is 0.385. The summed E-state index contributed by atoms with van der Waals surface area (Å²) in [5.74, 6) is -0.267. The molecule has 4 heterocycles. The summed E-state index contributed by atoms with van der Waals surface area (Å²) >= 11 is 1.52. The van der Waals surface area contributed by atoms with Crippen LogP contribution < -0.4 is 10.6 Å². The number of carbonyl (C=O) groups excluding carboxylic acids is 1. The second-order valence-electron chi connectivity index (χ2n) is 9.50. The number of hydrogen-bond acceptors (Lipinski definition) is 5. The van der Waals surface area contributed by atoms with Crippen molar-refractivity contribution in [2.75, 3.05) is 26.7 Å². The zero-order chi connectivity index (χ0) is 23.2. The molecule has 2 aliphatic rings. The summed E-state index contributed by atoms with van der Waals surface area (Å²) in [6, 6.07) is 11.7. The van der Waals surface area contributed by atoms with Crippen LogP contribution in [0.1, 0.15) is 47.6 Å². The smallest absolute Gasteiger partial charge is 0.251 e. The Hall–Kier alpha value is -2.81. The highest BCUT2D eigenvalue weighted by molar-refractivity contribution is 7.23. The van der Waals surface area contributed by atoms with Gasteiger partial charge >= 0.3 is 0 Å². The minimum absolute atomic E-state index is 0.0258. The lowest BCUT2D eigenvalue weighted by Crippen LogP contribution is -2.43. The van der Waals surface area contributed by atoms with Gasteiger partial charge in [-0.2, -0.15) is 0 Å². The van der Waals surface area contributed by atoms with E-state index in [1.54, 1.807) is 6.07 Å². The highest BCUT2D eigenvalue weighted by Gasteiger charge is 2.21. The summed E-state index contributed by atoms with van der Waals surface area (Å²) in [4.78, 5) is 20.6. The van der Waals surface area contributed by atoms with Crippen molar-refractivity contribution >= 4 is 32.4 Å². The molecule has 2 aromatic heterocycles. The quantitative estimate of drug-likeness (QED) is 0.451. The van der Waals surface area contributed by atoms with Crippen LogP contribution in [-0.4, -0.2) is 52.9 Å². The minimum atomic E-state index is -0.242. The van der Waals surface area contributed by atoms with Gasteiger partial charge < -0.3 is 15.5 Å². The van der Waals surface area contributed by atoms with Gasteiger partial charge in [-0.25, -0.2) is 9.37 Å². The van der Waals surface area contributed by atoms with Gasteiger partial charge in [-0.1, -0.05) is 17.4 Å². The molecule has 0 saturated carbocycles. The van der Waals surface area contributed by atoms with Gasteiger partial charge in [-0.15, -0.1) is 0 Å². The molecule has 0 spiro atoms. The zero-order valence-corrected chi connectivity index (χ0v) is 20.0. The topological polar surface area (TPSA) is 61.7 Å². The molecule has 0 bridgehead atoms. The largest absolute Gasteiger partial charge is 0.349 e. The standard InChI is InChI=1S/C26H28FN5OS/c1-31-11-8-18(9-12-31)29-25(33)17-5-7-23-24(14-17)34-26-30-22(15-32(23)26)19-6-4-16(13-20(19)27)21-3-2-10-28-21/h4-7,13-15,18,21,28H,2-3,8-12H2,1H3,(H,29,33)/t21-/m1/s1. The third-order valence-electron chi connectivity index (χ3n) is 7.14. The van der Waals surface area contributed by atoms with Gasteiger partial charge in [0.2, 0.25) is 0 Å². The number of nitrogens with one attached hydrogen (secondary N) is 2. The number of thiazole rings is 1. The Balaban J connectivity index is 1.24. The normalized spacial score (nSPS) is 19.9. The molecule has 2 fully saturated rings. The molecule has 6 rings (SSSR count). The average Bonchev–Trinajstić information content (AvgIpc) is 3.57. The van der Waals surface area contributed by atoms with Gasteiger partial charge in [0.25, 0.3) is 5.91 Å². The third-order valence-corrected chi connectivity index (χ3v) is 8.16. The molecule has 176 valence electrons. The second kappa shape index (κ2) is 8.76. The molecule has 2 aromatic carbocycles. The average molecular weight is 478 g/mol. The van der Waals surface area contributed by atoms with E-state index in [1.807, 2.05) is 40.9 Å². The van der Waals surface area contributed by atoms with Crippen LogP contribution in [0.5, 0.6) is 0 Å². The van der Waals surface area contributed by atoms with Crippen LogP contribution in [0.25, 0.3) is 26.4 Å². The van der Waals surface area contributed by atoms with E-state index in [0.717, 1.165) is 66.1 Å². The first-order valence-electron chi connectivity index (χ1n) is 12.0. The first-order valence-corrected chi connectivity index (χ1v) is 12.8. The maximum atomic E-state index is 15.0. The number of aromatic nitrogens is 2. The van der Waals surface area contributed by atoms with E-state index < -0.39 is 0 Å². The van der Waals surface area contributed by atoms with Gasteiger partial charge in [-0.3, -0.25) is 9.20 Å². The van der Waals surface area contributed by atoms with Crippen molar-refractivity contribution in [3.8, 4) is 11.3 Å². The van der Waals surface area contributed by atoms with Crippen molar-refractivity contribution < 1.29 is 9.18 Å². The lowest BCUT2D eigenvalue weighted by Gasteiger charge is -2.29. The molecule has 8 heteroatoms. The molecule has 6 nitrogen and oxygen atoms in total. The molecule has 1 atom stereocenters. The highest BCUT2D eigenvalue weighted by Crippen LogP contribution is 2.32. The number of benzene rings is 2. The second-order valence-corrected chi connectivity index (χ2v) is 10.5. The molecule has 1 amide bonds. The number of amides is 1. The van der Waals surface area contributed by atoms with Crippen LogP contribution in [0.3, 0.4) is 0 Å². The van der Waals surface area contributed by atoms with Gasteiger partial charge in [0.05, 0.1) is 15.9 Å². The van der Waals surface area contributed by atoms with Crippen LogP contribution in [0.4, 0.5) is 4.39 Å². The summed E-state index contributed by atoms with van der Waals surface area (Å²) in [7, 11) is 2.11. The molecule has 34 heavy (non-hydrogen) atoms. The fourth-order valence-corrected chi connectivity index (χ4v) is 6.17. The Bertz CT molecular complexity index is 1360. The third kappa shape index (κ3) is 4.00. The van der Waals surface area contributed by atoms with Crippen LogP contribution in [-0.2, 0) is 0 Å². The van der Waals surface area contributed by atoms with Crippen molar-refractivity contribution in [3.63, 3.8) is 0 Å².